The van der Waals surface area contributed by atoms with Crippen LogP contribution >= 0.6 is 0 Å². The molecule has 99 heavy (non-hydrogen) atoms. The lowest BCUT2D eigenvalue weighted by Gasteiger charge is -2.31. The van der Waals surface area contributed by atoms with Gasteiger partial charge in [0.05, 0.1) is 11.0 Å². The summed E-state index contributed by atoms with van der Waals surface area (Å²) in [6.45, 7) is 0. The summed E-state index contributed by atoms with van der Waals surface area (Å²) >= 11 is 0. The van der Waals surface area contributed by atoms with Gasteiger partial charge in [0.15, 0.2) is 0 Å². The fourth-order valence-corrected chi connectivity index (χ4v) is 17.1. The van der Waals surface area contributed by atoms with Gasteiger partial charge >= 0.3 is 0 Å². The molecule has 0 radical (unpaired) electrons. The van der Waals surface area contributed by atoms with Crippen LogP contribution in [0.25, 0.3) is 127 Å². The second-order valence-electron chi connectivity index (χ2n) is 26.6. The fourth-order valence-electron chi connectivity index (χ4n) is 17.1. The van der Waals surface area contributed by atoms with Crippen LogP contribution in [0.15, 0.2) is 358 Å². The number of aromatic nitrogens is 1. The van der Waals surface area contributed by atoms with Crippen LogP contribution in [0.2, 0.25) is 0 Å². The van der Waals surface area contributed by atoms with Crippen molar-refractivity contribution >= 4 is 99.8 Å². The van der Waals surface area contributed by atoms with Gasteiger partial charge in [-0.05, 0) is 241 Å². The highest BCUT2D eigenvalue weighted by atomic mass is 15.2. The maximum Gasteiger partial charge on any atom is 0.0541 e. The highest BCUT2D eigenvalue weighted by molar-refractivity contribution is 6.21. The van der Waals surface area contributed by atoms with Gasteiger partial charge in [-0.25, -0.2) is 0 Å². The first-order valence-electron chi connectivity index (χ1n) is 34.3. The van der Waals surface area contributed by atoms with Gasteiger partial charge in [0.2, 0.25) is 0 Å². The molecule has 3 nitrogen and oxygen atoms in total. The summed E-state index contributed by atoms with van der Waals surface area (Å²) in [5.41, 5.74) is 37.0. The van der Waals surface area contributed by atoms with Crippen LogP contribution in [0.3, 0.4) is 0 Å². The van der Waals surface area contributed by atoms with E-state index in [4.69, 9.17) is 0 Å². The van der Waals surface area contributed by atoms with Crippen LogP contribution in [0.1, 0.15) is 44.5 Å². The number of para-hydroxylation sites is 2. The van der Waals surface area contributed by atoms with Gasteiger partial charge in [0.1, 0.15) is 0 Å². The van der Waals surface area contributed by atoms with E-state index >= 15 is 0 Å². The summed E-state index contributed by atoms with van der Waals surface area (Å²) < 4.78 is 2.41. The molecule has 0 aliphatic heterocycles. The Labute approximate surface area is 574 Å². The number of nitrogens with zero attached hydrogens (tertiary/aromatic N) is 3. The number of hydrogen-bond acceptors (Lipinski definition) is 2. The molecule has 1 heterocycles. The zero-order valence-corrected chi connectivity index (χ0v) is 53.9. The van der Waals surface area contributed by atoms with Crippen LogP contribution in [0.4, 0.5) is 34.1 Å². The Morgan fingerprint density at radius 1 is 0.172 bits per heavy atom. The van der Waals surface area contributed by atoms with Crippen LogP contribution in [0, 0.1) is 0 Å². The molecule has 4 aliphatic carbocycles. The predicted octanol–water partition coefficient (Wildman–Crippen LogP) is 25.6. The minimum Gasteiger partial charge on any atom is -0.310 e. The van der Waals surface area contributed by atoms with E-state index in [0.717, 1.165) is 56.5 Å². The lowest BCUT2D eigenvalue weighted by atomic mass is 9.91. The molecule has 0 spiro atoms. The largest absolute Gasteiger partial charge is 0.310 e. The molecular formula is C96H59N3. The number of anilines is 6. The molecule has 458 valence electrons. The van der Waals surface area contributed by atoms with Crippen molar-refractivity contribution in [2.75, 3.05) is 9.80 Å². The van der Waals surface area contributed by atoms with Gasteiger partial charge in [-0.2, -0.15) is 0 Å². The molecule has 4 aliphatic rings. The van der Waals surface area contributed by atoms with Gasteiger partial charge in [-0.1, -0.05) is 261 Å². The summed E-state index contributed by atoms with van der Waals surface area (Å²) in [7, 11) is 0. The molecule has 0 saturated heterocycles. The smallest absolute Gasteiger partial charge is 0.0541 e. The molecule has 3 heteroatoms. The molecule has 0 saturated carbocycles. The standard InChI is InChI=1S/C96H59N3/c1-2-26-66(27-3-1)99-91-41-21-20-34-81(91)88-56-64(44-51-92(88)99)65-54-71(97(67-45-42-60-22-4-6-24-62(60)52-67)69-47-49-79-77-32-12-18-39-86(77)95(89(79)58-69)93-82-35-14-8-28-73(82)74-29-9-15-36-83(74)93)57-72(55-65)98(68-46-43-61-23-5-7-25-63(61)53-68)70-48-50-80-78-33-13-19-40-87(78)96(90(80)59-70)94-84-37-16-10-30-75(84)76-31-11-17-38-85(76)94/h1-59H. The summed E-state index contributed by atoms with van der Waals surface area (Å²) in [6, 6.07) is 134. The SMILES string of the molecule is c1ccc(-n2c3ccccc3c3cc(-c4cc(N(c5ccc6c(c5)C(=C5c7ccccc7-c7ccccc75)c5ccccc5-6)c5ccc6ccccc6c5)cc(N(c5ccc6c(c5)C(=C5c7ccccc7-c7ccccc75)c5ccccc5-6)c5ccc6ccccc6c5)c4)ccc32)cc1. The maximum atomic E-state index is 2.52. The van der Waals surface area contributed by atoms with Gasteiger partial charge in [-0.3, -0.25) is 0 Å². The molecule has 0 fully saturated rings. The first kappa shape index (κ1) is 55.2. The second-order valence-corrected chi connectivity index (χ2v) is 26.6. The van der Waals surface area contributed by atoms with Crippen LogP contribution in [-0.2, 0) is 0 Å². The third kappa shape index (κ3) is 8.45. The molecule has 0 bridgehead atoms. The monoisotopic (exact) mass is 1250 g/mol. The third-order valence-corrected chi connectivity index (χ3v) is 21.3. The van der Waals surface area contributed by atoms with Crippen LogP contribution in [-0.4, -0.2) is 4.57 Å². The first-order valence-corrected chi connectivity index (χ1v) is 34.3. The minimum atomic E-state index is 1.02. The van der Waals surface area contributed by atoms with E-state index in [0.29, 0.717) is 0 Å². The van der Waals surface area contributed by atoms with Crippen molar-refractivity contribution in [2.24, 2.45) is 0 Å². The maximum absolute atomic E-state index is 2.52. The highest BCUT2D eigenvalue weighted by Crippen LogP contribution is 2.58. The highest BCUT2D eigenvalue weighted by Gasteiger charge is 2.36. The van der Waals surface area contributed by atoms with Gasteiger partial charge in [0, 0.05) is 50.6 Å². The molecule has 0 N–H and O–H groups in total. The van der Waals surface area contributed by atoms with Gasteiger partial charge in [-0.15, -0.1) is 0 Å². The van der Waals surface area contributed by atoms with E-state index in [9.17, 15) is 0 Å². The van der Waals surface area contributed by atoms with E-state index < -0.39 is 0 Å². The van der Waals surface area contributed by atoms with Gasteiger partial charge in [0.25, 0.3) is 0 Å². The molecule has 1 aromatic heterocycles. The Morgan fingerprint density at radius 3 is 0.949 bits per heavy atom. The molecule has 16 aromatic carbocycles. The van der Waals surface area contributed by atoms with Crippen LogP contribution < -0.4 is 9.80 Å². The van der Waals surface area contributed by atoms with Crippen molar-refractivity contribution in [1.29, 1.82) is 0 Å². The minimum absolute atomic E-state index is 1.02. The summed E-state index contributed by atoms with van der Waals surface area (Å²) in [4.78, 5) is 5.05. The van der Waals surface area contributed by atoms with Crippen molar-refractivity contribution < 1.29 is 0 Å². The first-order chi connectivity index (χ1) is 49.1. The Kier molecular flexibility index (Phi) is 12.1. The van der Waals surface area contributed by atoms with Crippen molar-refractivity contribution in [3.63, 3.8) is 0 Å². The summed E-state index contributed by atoms with van der Waals surface area (Å²) in [5, 5.41) is 7.11. The van der Waals surface area contributed by atoms with Crippen molar-refractivity contribution in [3.8, 4) is 61.3 Å². The zero-order chi connectivity index (χ0) is 64.8. The molecule has 17 aromatic rings. The molecule has 0 unspecified atom stereocenters. The number of hydrogen-bond donors (Lipinski definition) is 0. The predicted molar refractivity (Wildman–Crippen MR) is 415 cm³/mol. The Balaban J connectivity index is 0.847. The van der Waals surface area contributed by atoms with E-state index in [1.807, 2.05) is 0 Å². The topological polar surface area (TPSA) is 11.4 Å². The Bertz CT molecular complexity index is 5970. The molecule has 0 atom stereocenters. The van der Waals surface area contributed by atoms with E-state index in [1.54, 1.807) is 0 Å². The van der Waals surface area contributed by atoms with Gasteiger partial charge < -0.3 is 14.4 Å². The average Bonchev–Trinajstić information content (AvgIpc) is 1.60. The summed E-state index contributed by atoms with van der Waals surface area (Å²) in [6.07, 6.45) is 0. The molecule has 21 rings (SSSR count). The number of benzene rings is 16. The molecule has 0 amide bonds. The number of rotatable bonds is 8. The Hall–Kier alpha value is -13.1. The lowest BCUT2D eigenvalue weighted by Crippen LogP contribution is -2.14. The zero-order valence-electron chi connectivity index (χ0n) is 53.9. The van der Waals surface area contributed by atoms with Crippen molar-refractivity contribution in [1.82, 2.24) is 4.57 Å². The fraction of sp³-hybridized carbons (Fsp3) is 0. The lowest BCUT2D eigenvalue weighted by molar-refractivity contribution is 1.18. The molecular weight excluding hydrogens is 1200 g/mol. The average molecular weight is 1250 g/mol. The van der Waals surface area contributed by atoms with E-state index in [1.165, 1.54) is 149 Å². The normalized spacial score (nSPS) is 12.8. The third-order valence-electron chi connectivity index (χ3n) is 21.3. The Morgan fingerprint density at radius 2 is 0.505 bits per heavy atom. The van der Waals surface area contributed by atoms with E-state index in [2.05, 4.69) is 372 Å². The second kappa shape index (κ2) is 21.7. The van der Waals surface area contributed by atoms with E-state index in [-0.39, 0.29) is 0 Å². The van der Waals surface area contributed by atoms with Crippen molar-refractivity contribution in [2.45, 2.75) is 0 Å². The number of fused-ring (bicyclic) bond motifs is 17. The summed E-state index contributed by atoms with van der Waals surface area (Å²) in [5.74, 6) is 0. The van der Waals surface area contributed by atoms with Crippen molar-refractivity contribution in [3.05, 3.63) is 402 Å². The quantitative estimate of drug-likeness (QED) is 0.150. The van der Waals surface area contributed by atoms with Crippen LogP contribution in [0.5, 0.6) is 0 Å².